The number of benzene rings is 1. The summed E-state index contributed by atoms with van der Waals surface area (Å²) >= 11 is 0. The Kier molecular flexibility index (Phi) is 3.75. The van der Waals surface area contributed by atoms with E-state index in [0.29, 0.717) is 6.54 Å². The molecule has 1 aromatic carbocycles. The van der Waals surface area contributed by atoms with E-state index < -0.39 is 5.97 Å². The third-order valence-corrected chi connectivity index (χ3v) is 3.34. The second kappa shape index (κ2) is 5.29. The zero-order chi connectivity index (χ0) is 13.1. The number of fused-ring (bicyclic) bond motifs is 1. The van der Waals surface area contributed by atoms with Gasteiger partial charge in [0.1, 0.15) is 5.75 Å². The minimum atomic E-state index is -0.748. The Morgan fingerprint density at radius 3 is 2.94 bits per heavy atom. The Hall–Kier alpha value is -1.71. The first kappa shape index (κ1) is 12.7. The van der Waals surface area contributed by atoms with Gasteiger partial charge in [0.25, 0.3) is 0 Å². The summed E-state index contributed by atoms with van der Waals surface area (Å²) in [6.45, 7) is 5.04. The van der Waals surface area contributed by atoms with E-state index >= 15 is 0 Å². The molecule has 1 aliphatic heterocycles. The van der Waals surface area contributed by atoms with E-state index in [9.17, 15) is 4.79 Å². The SMILES string of the molecule is CC(C)C(CNc1ccc2c(c1)CCO2)C(=O)O. The first-order valence-electron chi connectivity index (χ1n) is 6.30. The topological polar surface area (TPSA) is 58.6 Å². The Morgan fingerprint density at radius 1 is 1.50 bits per heavy atom. The van der Waals surface area contributed by atoms with Crippen LogP contribution in [-0.4, -0.2) is 24.2 Å². The van der Waals surface area contributed by atoms with E-state index in [1.54, 1.807) is 0 Å². The lowest BCUT2D eigenvalue weighted by atomic mass is 9.96. The van der Waals surface area contributed by atoms with E-state index in [1.807, 2.05) is 32.0 Å². The van der Waals surface area contributed by atoms with Gasteiger partial charge in [0.2, 0.25) is 0 Å². The minimum Gasteiger partial charge on any atom is -0.493 e. The predicted octanol–water partition coefficient (Wildman–Crippen LogP) is 2.39. The maximum absolute atomic E-state index is 11.1. The van der Waals surface area contributed by atoms with Gasteiger partial charge >= 0.3 is 5.97 Å². The molecule has 1 atom stereocenters. The molecule has 1 aromatic rings. The molecule has 1 aliphatic rings. The number of aliphatic carboxylic acids is 1. The molecule has 0 saturated heterocycles. The molecule has 1 unspecified atom stereocenters. The molecule has 2 rings (SSSR count). The highest BCUT2D eigenvalue weighted by molar-refractivity contribution is 5.71. The van der Waals surface area contributed by atoms with Crippen molar-refractivity contribution in [2.24, 2.45) is 11.8 Å². The first-order valence-corrected chi connectivity index (χ1v) is 6.30. The van der Waals surface area contributed by atoms with Crippen molar-refractivity contribution in [1.82, 2.24) is 0 Å². The van der Waals surface area contributed by atoms with Crippen molar-refractivity contribution in [1.29, 1.82) is 0 Å². The Morgan fingerprint density at radius 2 is 2.28 bits per heavy atom. The van der Waals surface area contributed by atoms with Gasteiger partial charge in [-0.05, 0) is 29.7 Å². The number of nitrogens with one attached hydrogen (secondary N) is 1. The normalized spacial score (nSPS) is 15.1. The van der Waals surface area contributed by atoms with Crippen molar-refractivity contribution in [3.05, 3.63) is 23.8 Å². The van der Waals surface area contributed by atoms with Gasteiger partial charge in [-0.1, -0.05) is 13.8 Å². The molecule has 0 amide bonds. The van der Waals surface area contributed by atoms with Crippen LogP contribution in [0.2, 0.25) is 0 Å². The standard InChI is InChI=1S/C14H19NO3/c1-9(2)12(14(16)17)8-15-11-3-4-13-10(7-11)5-6-18-13/h3-4,7,9,12,15H,5-6,8H2,1-2H3,(H,16,17). The summed E-state index contributed by atoms with van der Waals surface area (Å²) in [7, 11) is 0. The first-order chi connectivity index (χ1) is 8.58. The average Bonchev–Trinajstić information content (AvgIpc) is 2.75. The van der Waals surface area contributed by atoms with Crippen LogP contribution >= 0.6 is 0 Å². The van der Waals surface area contributed by atoms with E-state index in [0.717, 1.165) is 24.5 Å². The summed E-state index contributed by atoms with van der Waals surface area (Å²) in [5.74, 6) is -0.0524. The molecule has 0 fully saturated rings. The predicted molar refractivity (Wildman–Crippen MR) is 70.1 cm³/mol. The van der Waals surface area contributed by atoms with Gasteiger partial charge in [0, 0.05) is 18.7 Å². The van der Waals surface area contributed by atoms with Crippen LogP contribution in [0.25, 0.3) is 0 Å². The molecule has 18 heavy (non-hydrogen) atoms. The molecule has 4 nitrogen and oxygen atoms in total. The summed E-state index contributed by atoms with van der Waals surface area (Å²) in [4.78, 5) is 11.1. The number of carboxylic acids is 1. The van der Waals surface area contributed by atoms with Crippen molar-refractivity contribution in [2.45, 2.75) is 20.3 Å². The third-order valence-electron chi connectivity index (χ3n) is 3.34. The zero-order valence-electron chi connectivity index (χ0n) is 10.8. The van der Waals surface area contributed by atoms with E-state index in [2.05, 4.69) is 5.32 Å². The number of hydrogen-bond acceptors (Lipinski definition) is 3. The second-order valence-corrected chi connectivity index (χ2v) is 4.99. The molecule has 1 heterocycles. The van der Waals surface area contributed by atoms with E-state index in [-0.39, 0.29) is 11.8 Å². The maximum atomic E-state index is 11.1. The number of carboxylic acid groups (broad SMARTS) is 1. The zero-order valence-corrected chi connectivity index (χ0v) is 10.8. The molecular weight excluding hydrogens is 230 g/mol. The summed E-state index contributed by atoms with van der Waals surface area (Å²) in [6.07, 6.45) is 0.928. The van der Waals surface area contributed by atoms with Crippen LogP contribution in [0.5, 0.6) is 5.75 Å². The largest absolute Gasteiger partial charge is 0.493 e. The fourth-order valence-electron chi connectivity index (χ4n) is 2.13. The monoisotopic (exact) mass is 249 g/mol. The molecule has 0 spiro atoms. The number of rotatable bonds is 5. The smallest absolute Gasteiger partial charge is 0.308 e. The Balaban J connectivity index is 1.99. The van der Waals surface area contributed by atoms with Gasteiger partial charge in [-0.25, -0.2) is 0 Å². The van der Waals surface area contributed by atoms with Gasteiger partial charge < -0.3 is 15.2 Å². The average molecular weight is 249 g/mol. The van der Waals surface area contributed by atoms with Crippen LogP contribution in [0, 0.1) is 11.8 Å². The molecule has 98 valence electrons. The van der Waals surface area contributed by atoms with Crippen LogP contribution in [0.15, 0.2) is 18.2 Å². The van der Waals surface area contributed by atoms with Gasteiger partial charge in [0.05, 0.1) is 12.5 Å². The van der Waals surface area contributed by atoms with E-state index in [4.69, 9.17) is 9.84 Å². The van der Waals surface area contributed by atoms with Gasteiger partial charge in [-0.2, -0.15) is 0 Å². The highest BCUT2D eigenvalue weighted by Crippen LogP contribution is 2.28. The molecule has 0 bridgehead atoms. The molecule has 4 heteroatoms. The highest BCUT2D eigenvalue weighted by atomic mass is 16.5. The van der Waals surface area contributed by atoms with Crippen molar-refractivity contribution in [2.75, 3.05) is 18.5 Å². The summed E-state index contributed by atoms with van der Waals surface area (Å²) < 4.78 is 5.43. The van der Waals surface area contributed by atoms with Crippen LogP contribution in [-0.2, 0) is 11.2 Å². The molecule has 0 saturated carbocycles. The van der Waals surface area contributed by atoms with Crippen LogP contribution < -0.4 is 10.1 Å². The van der Waals surface area contributed by atoms with Crippen LogP contribution in [0.4, 0.5) is 5.69 Å². The molecule has 0 aliphatic carbocycles. The summed E-state index contributed by atoms with van der Waals surface area (Å²) in [5, 5.41) is 12.3. The third kappa shape index (κ3) is 2.75. The van der Waals surface area contributed by atoms with Crippen LogP contribution in [0.3, 0.4) is 0 Å². The summed E-state index contributed by atoms with van der Waals surface area (Å²) in [6, 6.07) is 5.92. The van der Waals surface area contributed by atoms with Crippen molar-refractivity contribution >= 4 is 11.7 Å². The Bertz CT molecular complexity index is 443. The highest BCUT2D eigenvalue weighted by Gasteiger charge is 2.21. The van der Waals surface area contributed by atoms with Gasteiger partial charge in [-0.3, -0.25) is 4.79 Å². The quantitative estimate of drug-likeness (QED) is 0.841. The molecule has 0 aromatic heterocycles. The van der Waals surface area contributed by atoms with E-state index in [1.165, 1.54) is 5.56 Å². The Labute approximate surface area is 107 Å². The molecule has 0 radical (unpaired) electrons. The maximum Gasteiger partial charge on any atom is 0.308 e. The molecule has 2 N–H and O–H groups in total. The lowest BCUT2D eigenvalue weighted by molar-refractivity contribution is -0.142. The van der Waals surface area contributed by atoms with Crippen molar-refractivity contribution in [3.8, 4) is 5.75 Å². The van der Waals surface area contributed by atoms with Crippen molar-refractivity contribution in [3.63, 3.8) is 0 Å². The lowest BCUT2D eigenvalue weighted by Gasteiger charge is -2.17. The van der Waals surface area contributed by atoms with Crippen LogP contribution in [0.1, 0.15) is 19.4 Å². The van der Waals surface area contributed by atoms with Gasteiger partial charge in [-0.15, -0.1) is 0 Å². The lowest BCUT2D eigenvalue weighted by Crippen LogP contribution is -2.27. The fourth-order valence-corrected chi connectivity index (χ4v) is 2.13. The number of hydrogen-bond donors (Lipinski definition) is 2. The summed E-state index contributed by atoms with van der Waals surface area (Å²) in [5.41, 5.74) is 2.16. The molecular formula is C14H19NO3. The number of ether oxygens (including phenoxy) is 1. The number of anilines is 1. The minimum absolute atomic E-state index is 0.118. The second-order valence-electron chi connectivity index (χ2n) is 4.99. The van der Waals surface area contributed by atoms with Crippen molar-refractivity contribution < 1.29 is 14.6 Å². The number of carbonyl (C=O) groups is 1. The van der Waals surface area contributed by atoms with Gasteiger partial charge in [0.15, 0.2) is 0 Å². The fraction of sp³-hybridized carbons (Fsp3) is 0.500.